The quantitative estimate of drug-likeness (QED) is 0.608. The molecule has 1 saturated heterocycles. The van der Waals surface area contributed by atoms with Gasteiger partial charge in [0.15, 0.2) is 6.61 Å². The predicted octanol–water partition coefficient (Wildman–Crippen LogP) is 4.66. The third-order valence-electron chi connectivity index (χ3n) is 4.86. The van der Waals surface area contributed by atoms with Crippen LogP contribution in [0.5, 0.6) is 5.75 Å². The van der Waals surface area contributed by atoms with Gasteiger partial charge in [0.2, 0.25) is 5.89 Å². The third kappa shape index (κ3) is 4.20. The van der Waals surface area contributed by atoms with E-state index < -0.39 is 0 Å². The van der Waals surface area contributed by atoms with E-state index in [0.29, 0.717) is 29.6 Å². The van der Waals surface area contributed by atoms with Crippen LogP contribution in [0.25, 0.3) is 0 Å². The highest BCUT2D eigenvalue weighted by Gasteiger charge is 2.33. The second-order valence-corrected chi connectivity index (χ2v) is 7.19. The van der Waals surface area contributed by atoms with E-state index in [2.05, 4.69) is 4.98 Å². The molecule has 2 aromatic carbocycles. The Morgan fingerprint density at radius 2 is 1.96 bits per heavy atom. The molecule has 0 unspecified atom stereocenters. The minimum Gasteiger partial charge on any atom is -0.484 e. The minimum atomic E-state index is -0.146. The van der Waals surface area contributed by atoms with Gasteiger partial charge in [0.1, 0.15) is 17.6 Å². The lowest BCUT2D eigenvalue weighted by molar-refractivity contribution is -0.134. The van der Waals surface area contributed by atoms with Crippen LogP contribution in [0.2, 0.25) is 5.02 Å². The average molecular weight is 397 g/mol. The number of carbonyl (C=O) groups is 1. The van der Waals surface area contributed by atoms with Crippen LogP contribution in [0.15, 0.2) is 65.2 Å². The molecule has 1 fully saturated rings. The van der Waals surface area contributed by atoms with E-state index in [1.165, 1.54) is 0 Å². The number of benzene rings is 2. The number of hydrogen-bond acceptors (Lipinski definition) is 4. The standard InChI is InChI=1S/C22H21ClN2O3/c23-19-10-5-4-7-16(19)13-18-14-24-22(28-18)20-11-6-12-25(20)21(26)15-27-17-8-2-1-3-9-17/h1-5,7-10,14,20H,6,11-13,15H2/t20-/m1/s1. The molecule has 28 heavy (non-hydrogen) atoms. The van der Waals surface area contributed by atoms with E-state index in [1.807, 2.05) is 54.6 Å². The van der Waals surface area contributed by atoms with Crippen LogP contribution in [-0.4, -0.2) is 28.9 Å². The SMILES string of the molecule is O=C(COc1ccccc1)N1CCC[C@@H]1c1ncc(Cc2ccccc2Cl)o1. The number of aromatic nitrogens is 1. The molecule has 5 nitrogen and oxygen atoms in total. The summed E-state index contributed by atoms with van der Waals surface area (Å²) in [7, 11) is 0. The molecule has 0 N–H and O–H groups in total. The van der Waals surface area contributed by atoms with Crippen LogP contribution >= 0.6 is 11.6 Å². The first-order chi connectivity index (χ1) is 13.7. The van der Waals surface area contributed by atoms with Crippen LogP contribution in [-0.2, 0) is 11.2 Å². The molecule has 0 spiro atoms. The summed E-state index contributed by atoms with van der Waals surface area (Å²) in [6.45, 7) is 0.692. The normalized spacial score (nSPS) is 16.3. The maximum atomic E-state index is 12.7. The maximum Gasteiger partial charge on any atom is 0.261 e. The van der Waals surface area contributed by atoms with Crippen molar-refractivity contribution >= 4 is 17.5 Å². The molecule has 0 radical (unpaired) electrons. The van der Waals surface area contributed by atoms with Gasteiger partial charge in [0, 0.05) is 18.0 Å². The molecule has 0 saturated carbocycles. The highest BCUT2D eigenvalue weighted by molar-refractivity contribution is 6.31. The van der Waals surface area contributed by atoms with Gasteiger partial charge in [-0.25, -0.2) is 4.98 Å². The van der Waals surface area contributed by atoms with Crippen molar-refractivity contribution in [2.24, 2.45) is 0 Å². The Kier molecular flexibility index (Phi) is 5.63. The van der Waals surface area contributed by atoms with Crippen LogP contribution in [0.4, 0.5) is 0 Å². The molecule has 6 heteroatoms. The number of amides is 1. The molecular weight excluding hydrogens is 376 g/mol. The number of nitrogens with zero attached hydrogens (tertiary/aromatic N) is 2. The Morgan fingerprint density at radius 1 is 1.18 bits per heavy atom. The van der Waals surface area contributed by atoms with Crippen LogP contribution < -0.4 is 4.74 Å². The molecule has 1 amide bonds. The first-order valence-corrected chi connectivity index (χ1v) is 9.74. The van der Waals surface area contributed by atoms with Crippen molar-refractivity contribution in [3.05, 3.63) is 83.0 Å². The van der Waals surface area contributed by atoms with Gasteiger partial charge in [-0.05, 0) is 36.6 Å². The number of rotatable bonds is 6. The highest BCUT2D eigenvalue weighted by atomic mass is 35.5. The number of halogens is 1. The van der Waals surface area contributed by atoms with Crippen molar-refractivity contribution in [2.45, 2.75) is 25.3 Å². The molecule has 0 aliphatic carbocycles. The van der Waals surface area contributed by atoms with Gasteiger partial charge >= 0.3 is 0 Å². The average Bonchev–Trinajstić information content (AvgIpc) is 3.38. The molecule has 0 bridgehead atoms. The number of ether oxygens (including phenoxy) is 1. The molecule has 4 rings (SSSR count). The van der Waals surface area contributed by atoms with Crippen LogP contribution in [0.3, 0.4) is 0 Å². The molecule has 3 aromatic rings. The smallest absolute Gasteiger partial charge is 0.261 e. The zero-order valence-corrected chi connectivity index (χ0v) is 16.1. The highest BCUT2D eigenvalue weighted by Crippen LogP contribution is 2.32. The maximum absolute atomic E-state index is 12.7. The fourth-order valence-corrected chi connectivity index (χ4v) is 3.66. The summed E-state index contributed by atoms with van der Waals surface area (Å²) >= 11 is 6.23. The number of carbonyl (C=O) groups excluding carboxylic acids is 1. The van der Waals surface area contributed by atoms with Crippen LogP contribution in [0, 0.1) is 0 Å². The number of oxazole rings is 1. The van der Waals surface area contributed by atoms with Gasteiger partial charge in [-0.3, -0.25) is 4.79 Å². The van der Waals surface area contributed by atoms with Gasteiger partial charge < -0.3 is 14.1 Å². The van der Waals surface area contributed by atoms with E-state index in [4.69, 9.17) is 20.8 Å². The Balaban J connectivity index is 1.41. The number of hydrogen-bond donors (Lipinski definition) is 0. The first-order valence-electron chi connectivity index (χ1n) is 9.36. The summed E-state index contributed by atoms with van der Waals surface area (Å²) in [4.78, 5) is 18.9. The largest absolute Gasteiger partial charge is 0.484 e. The van der Waals surface area contributed by atoms with Gasteiger partial charge in [0.05, 0.1) is 6.20 Å². The molecule has 1 aliphatic rings. The lowest BCUT2D eigenvalue weighted by atomic mass is 10.1. The van der Waals surface area contributed by atoms with E-state index >= 15 is 0 Å². The third-order valence-corrected chi connectivity index (χ3v) is 5.23. The fraction of sp³-hybridized carbons (Fsp3) is 0.273. The van der Waals surface area contributed by atoms with Crippen LogP contribution in [0.1, 0.15) is 36.1 Å². The van der Waals surface area contributed by atoms with Gasteiger partial charge in [-0.2, -0.15) is 0 Å². The summed E-state index contributed by atoms with van der Waals surface area (Å²) in [6.07, 6.45) is 4.05. The lowest BCUT2D eigenvalue weighted by Crippen LogP contribution is -2.34. The molecule has 1 atom stereocenters. The van der Waals surface area contributed by atoms with Crippen molar-refractivity contribution in [1.29, 1.82) is 0 Å². The molecule has 1 aliphatic heterocycles. The summed E-state index contributed by atoms with van der Waals surface area (Å²) in [5.74, 6) is 1.94. The number of para-hydroxylation sites is 1. The van der Waals surface area contributed by atoms with E-state index in [1.54, 1.807) is 11.1 Å². The summed E-state index contributed by atoms with van der Waals surface area (Å²) in [6, 6.07) is 16.9. The Labute approximate surface area is 168 Å². The van der Waals surface area contributed by atoms with Gasteiger partial charge in [0.25, 0.3) is 5.91 Å². The first kappa shape index (κ1) is 18.6. The second kappa shape index (κ2) is 8.48. The molecular formula is C22H21ClN2O3. The number of likely N-dealkylation sites (tertiary alicyclic amines) is 1. The van der Waals surface area contributed by atoms with Crippen molar-refractivity contribution < 1.29 is 13.9 Å². The predicted molar refractivity (Wildman–Crippen MR) is 106 cm³/mol. The second-order valence-electron chi connectivity index (χ2n) is 6.78. The fourth-order valence-electron chi connectivity index (χ4n) is 3.45. The van der Waals surface area contributed by atoms with E-state index in [-0.39, 0.29) is 18.6 Å². The molecule has 144 valence electrons. The summed E-state index contributed by atoms with van der Waals surface area (Å²) < 4.78 is 11.6. The summed E-state index contributed by atoms with van der Waals surface area (Å²) in [5, 5.41) is 0.705. The van der Waals surface area contributed by atoms with E-state index in [9.17, 15) is 4.79 Å². The van der Waals surface area contributed by atoms with Gasteiger partial charge in [-0.1, -0.05) is 48.0 Å². The lowest BCUT2D eigenvalue weighted by Gasteiger charge is -2.22. The van der Waals surface area contributed by atoms with E-state index in [0.717, 1.165) is 24.2 Å². The minimum absolute atomic E-state index is 0.00764. The Morgan fingerprint density at radius 3 is 2.79 bits per heavy atom. The molecule has 2 heterocycles. The topological polar surface area (TPSA) is 55.6 Å². The monoisotopic (exact) mass is 396 g/mol. The zero-order valence-electron chi connectivity index (χ0n) is 15.4. The molecule has 1 aromatic heterocycles. The van der Waals surface area contributed by atoms with Gasteiger partial charge in [-0.15, -0.1) is 0 Å². The Bertz CT molecular complexity index is 942. The summed E-state index contributed by atoms with van der Waals surface area (Å²) in [5.41, 5.74) is 0.988. The van der Waals surface area contributed by atoms with Crippen molar-refractivity contribution in [3.63, 3.8) is 0 Å². The Hall–Kier alpha value is -2.79. The van der Waals surface area contributed by atoms with Crippen molar-refractivity contribution in [2.75, 3.05) is 13.2 Å². The van der Waals surface area contributed by atoms with Crippen molar-refractivity contribution in [1.82, 2.24) is 9.88 Å². The van der Waals surface area contributed by atoms with Crippen molar-refractivity contribution in [3.8, 4) is 5.75 Å². The zero-order chi connectivity index (χ0) is 19.3.